The van der Waals surface area contributed by atoms with Gasteiger partial charge in [0, 0.05) is 19.0 Å². The maximum absolute atomic E-state index is 5.77. The van der Waals surface area contributed by atoms with Crippen molar-refractivity contribution >= 4 is 17.2 Å². The molecule has 0 aliphatic carbocycles. The van der Waals surface area contributed by atoms with Gasteiger partial charge in [0.05, 0.1) is 12.2 Å². The number of nitrogens with two attached hydrogens (primary N) is 1. The van der Waals surface area contributed by atoms with E-state index < -0.39 is 0 Å². The number of ether oxygens (including phenoxy) is 2. The van der Waals surface area contributed by atoms with E-state index in [-0.39, 0.29) is 23.3 Å². The van der Waals surface area contributed by atoms with Crippen molar-refractivity contribution in [3.63, 3.8) is 0 Å². The van der Waals surface area contributed by atoms with E-state index in [1.165, 1.54) is 0 Å². The Bertz CT molecular complexity index is 431. The van der Waals surface area contributed by atoms with E-state index in [9.17, 15) is 0 Å². The molecule has 2 N–H and O–H groups in total. The van der Waals surface area contributed by atoms with Crippen LogP contribution in [0.1, 0.15) is 32.4 Å². The predicted molar refractivity (Wildman–Crippen MR) is 71.6 cm³/mol. The maximum atomic E-state index is 5.77. The quantitative estimate of drug-likeness (QED) is 0.836. The third-order valence-electron chi connectivity index (χ3n) is 2.81. The van der Waals surface area contributed by atoms with E-state index in [4.69, 9.17) is 27.4 Å². The van der Waals surface area contributed by atoms with Crippen LogP contribution in [0.3, 0.4) is 0 Å². The van der Waals surface area contributed by atoms with Gasteiger partial charge in [-0.15, -0.1) is 0 Å². The molecule has 18 heavy (non-hydrogen) atoms. The predicted octanol–water partition coefficient (Wildman–Crippen LogP) is 1.45. The fraction of sp³-hybridized carbons (Fsp3) is 0.583. The van der Waals surface area contributed by atoms with E-state index in [1.807, 2.05) is 13.8 Å². The highest BCUT2D eigenvalue weighted by Gasteiger charge is 2.26. The van der Waals surface area contributed by atoms with Gasteiger partial charge >= 0.3 is 6.01 Å². The molecule has 2 rings (SSSR count). The molecule has 0 amide bonds. The number of hydrogen-bond acceptors (Lipinski definition) is 5. The van der Waals surface area contributed by atoms with Crippen LogP contribution in [0, 0.1) is 0 Å². The summed E-state index contributed by atoms with van der Waals surface area (Å²) < 4.78 is 11.4. The summed E-state index contributed by atoms with van der Waals surface area (Å²) in [5, 5.41) is 0. The molecular formula is C12H17N3O2S. The topological polar surface area (TPSA) is 70.3 Å². The molecule has 1 fully saturated rings. The zero-order valence-corrected chi connectivity index (χ0v) is 11.3. The fourth-order valence-electron chi connectivity index (χ4n) is 2.12. The van der Waals surface area contributed by atoms with Gasteiger partial charge in [-0.1, -0.05) is 12.2 Å². The molecule has 1 saturated heterocycles. The fourth-order valence-corrected chi connectivity index (χ4v) is 2.24. The van der Waals surface area contributed by atoms with Crippen LogP contribution >= 0.6 is 12.2 Å². The Morgan fingerprint density at radius 1 is 1.44 bits per heavy atom. The third kappa shape index (κ3) is 3.36. The van der Waals surface area contributed by atoms with Gasteiger partial charge in [0.25, 0.3) is 0 Å². The van der Waals surface area contributed by atoms with Gasteiger partial charge < -0.3 is 15.2 Å². The average molecular weight is 267 g/mol. The van der Waals surface area contributed by atoms with Crippen LogP contribution < -0.4 is 10.5 Å². The Balaban J connectivity index is 2.04. The molecule has 1 aliphatic heterocycles. The van der Waals surface area contributed by atoms with Gasteiger partial charge in [-0.25, -0.2) is 4.98 Å². The zero-order valence-electron chi connectivity index (χ0n) is 10.5. The van der Waals surface area contributed by atoms with Crippen LogP contribution in [0.5, 0.6) is 6.01 Å². The van der Waals surface area contributed by atoms with Crippen molar-refractivity contribution in [3.8, 4) is 6.01 Å². The van der Waals surface area contributed by atoms with Crippen molar-refractivity contribution in [2.45, 2.75) is 45.0 Å². The van der Waals surface area contributed by atoms with Gasteiger partial charge in [-0.05, 0) is 19.9 Å². The second-order valence-corrected chi connectivity index (χ2v) is 5.00. The lowest BCUT2D eigenvalue weighted by Crippen LogP contribution is -2.36. The Labute approximate surface area is 112 Å². The highest BCUT2D eigenvalue weighted by atomic mass is 32.1. The van der Waals surface area contributed by atoms with E-state index in [0.717, 1.165) is 12.8 Å². The molecule has 0 aromatic carbocycles. The molecule has 98 valence electrons. The van der Waals surface area contributed by atoms with E-state index in [1.54, 1.807) is 12.3 Å². The highest BCUT2D eigenvalue weighted by Crippen LogP contribution is 2.22. The van der Waals surface area contributed by atoms with Gasteiger partial charge in [-0.2, -0.15) is 4.98 Å². The van der Waals surface area contributed by atoms with Crippen molar-refractivity contribution in [1.82, 2.24) is 9.97 Å². The molecular weight excluding hydrogens is 250 g/mol. The van der Waals surface area contributed by atoms with E-state index in [0.29, 0.717) is 11.7 Å². The van der Waals surface area contributed by atoms with Crippen LogP contribution in [0.15, 0.2) is 12.3 Å². The van der Waals surface area contributed by atoms with Gasteiger partial charge in [0.2, 0.25) is 0 Å². The van der Waals surface area contributed by atoms with Crippen LogP contribution in [0.2, 0.25) is 0 Å². The van der Waals surface area contributed by atoms with Crippen LogP contribution in [0.4, 0.5) is 0 Å². The minimum atomic E-state index is 0.0744. The summed E-state index contributed by atoms with van der Waals surface area (Å²) in [6.45, 7) is 4.08. The minimum absolute atomic E-state index is 0.0744. The van der Waals surface area contributed by atoms with Crippen LogP contribution in [0.25, 0.3) is 0 Å². The summed E-state index contributed by atoms with van der Waals surface area (Å²) in [6.07, 6.45) is 3.74. The highest BCUT2D eigenvalue weighted by molar-refractivity contribution is 7.80. The first-order valence-corrected chi connectivity index (χ1v) is 6.40. The molecule has 5 nitrogen and oxygen atoms in total. The smallest absolute Gasteiger partial charge is 0.317 e. The molecule has 2 atom stereocenters. The molecule has 1 aromatic rings. The first kappa shape index (κ1) is 13.2. The summed E-state index contributed by atoms with van der Waals surface area (Å²) in [7, 11) is 0. The lowest BCUT2D eigenvalue weighted by Gasteiger charge is -2.31. The molecule has 0 bridgehead atoms. The van der Waals surface area contributed by atoms with Crippen molar-refractivity contribution in [1.29, 1.82) is 0 Å². The van der Waals surface area contributed by atoms with E-state index in [2.05, 4.69) is 9.97 Å². The summed E-state index contributed by atoms with van der Waals surface area (Å²) in [5.74, 6) is 0. The monoisotopic (exact) mass is 267 g/mol. The van der Waals surface area contributed by atoms with Crippen molar-refractivity contribution in [2.24, 2.45) is 5.73 Å². The second-order valence-electron chi connectivity index (χ2n) is 4.56. The lowest BCUT2D eigenvalue weighted by molar-refractivity contribution is -0.0738. The third-order valence-corrected chi connectivity index (χ3v) is 3.02. The standard InChI is InChI=1S/C12H17N3O2S/c1-7-5-9(6-8(2)16-7)17-12-14-4-3-10(15-12)11(13)18/h3-4,7-9H,5-6H2,1-2H3,(H2,13,18). The molecule has 0 radical (unpaired) electrons. The molecule has 6 heteroatoms. The van der Waals surface area contributed by atoms with Gasteiger partial charge in [0.15, 0.2) is 0 Å². The summed E-state index contributed by atoms with van der Waals surface area (Å²) >= 11 is 4.88. The summed E-state index contributed by atoms with van der Waals surface area (Å²) in [5.41, 5.74) is 6.06. The molecule has 1 aliphatic rings. The average Bonchev–Trinajstić information content (AvgIpc) is 2.27. The van der Waals surface area contributed by atoms with E-state index >= 15 is 0 Å². The van der Waals surface area contributed by atoms with Crippen molar-refractivity contribution in [2.75, 3.05) is 0 Å². The summed E-state index contributed by atoms with van der Waals surface area (Å²) in [4.78, 5) is 8.50. The van der Waals surface area contributed by atoms with Crippen molar-refractivity contribution in [3.05, 3.63) is 18.0 Å². The van der Waals surface area contributed by atoms with Gasteiger partial charge in [0.1, 0.15) is 16.8 Å². The Morgan fingerprint density at radius 2 is 2.11 bits per heavy atom. The van der Waals surface area contributed by atoms with Gasteiger partial charge in [-0.3, -0.25) is 0 Å². The van der Waals surface area contributed by atoms with Crippen molar-refractivity contribution < 1.29 is 9.47 Å². The SMILES string of the molecule is CC1CC(Oc2nccc(C(N)=S)n2)CC(C)O1. The zero-order chi connectivity index (χ0) is 13.1. The Morgan fingerprint density at radius 3 is 2.72 bits per heavy atom. The first-order chi connectivity index (χ1) is 8.54. The summed E-state index contributed by atoms with van der Waals surface area (Å²) in [6, 6.07) is 2.00. The maximum Gasteiger partial charge on any atom is 0.317 e. The molecule has 2 unspecified atom stereocenters. The number of rotatable bonds is 3. The largest absolute Gasteiger partial charge is 0.460 e. The Hall–Kier alpha value is -1.27. The number of thiocarbonyl (C=S) groups is 1. The lowest BCUT2D eigenvalue weighted by atomic mass is 10.0. The minimum Gasteiger partial charge on any atom is -0.460 e. The van der Waals surface area contributed by atoms with Crippen LogP contribution in [-0.2, 0) is 4.74 Å². The molecule has 0 spiro atoms. The normalized spacial score (nSPS) is 27.8. The van der Waals surface area contributed by atoms with Crippen LogP contribution in [-0.4, -0.2) is 33.3 Å². The number of hydrogen-bond donors (Lipinski definition) is 1. The number of nitrogens with zero attached hydrogens (tertiary/aromatic N) is 2. The molecule has 2 heterocycles. The molecule has 1 aromatic heterocycles. The number of aromatic nitrogens is 2. The molecule has 0 saturated carbocycles. The first-order valence-electron chi connectivity index (χ1n) is 5.99. The Kier molecular flexibility index (Phi) is 4.08. The second kappa shape index (κ2) is 5.58.